The predicted octanol–water partition coefficient (Wildman–Crippen LogP) is 2.41. The highest BCUT2D eigenvalue weighted by atomic mass is 79.9. The summed E-state index contributed by atoms with van der Waals surface area (Å²) in [5, 5.41) is -0.0333. The van der Waals surface area contributed by atoms with Crippen LogP contribution in [0, 0.1) is 6.92 Å². The van der Waals surface area contributed by atoms with Crippen LogP contribution in [0.15, 0.2) is 46.0 Å². The molecule has 2 aromatic rings. The summed E-state index contributed by atoms with van der Waals surface area (Å²) in [6, 6.07) is 8.47. The predicted molar refractivity (Wildman–Crippen MR) is 81.8 cm³/mol. The Hall–Kier alpha value is -1.44. The fourth-order valence-corrected chi connectivity index (χ4v) is 3.01. The third-order valence-corrected chi connectivity index (χ3v) is 4.53. The first-order valence-corrected chi connectivity index (χ1v) is 8.14. The van der Waals surface area contributed by atoms with Gasteiger partial charge in [0.25, 0.3) is 10.0 Å². The van der Waals surface area contributed by atoms with Gasteiger partial charge < -0.3 is 5.73 Å². The molecule has 106 valence electrons. The van der Waals surface area contributed by atoms with Gasteiger partial charge in [-0.15, -0.1) is 0 Å². The lowest BCUT2D eigenvalue weighted by atomic mass is 10.2. The molecule has 0 fully saturated rings. The van der Waals surface area contributed by atoms with Crippen molar-refractivity contribution in [2.24, 2.45) is 5.73 Å². The molecule has 20 heavy (non-hydrogen) atoms. The Morgan fingerprint density at radius 2 is 2.05 bits per heavy atom. The second kappa shape index (κ2) is 5.90. The van der Waals surface area contributed by atoms with Gasteiger partial charge >= 0.3 is 0 Å². The second-order valence-electron chi connectivity index (χ2n) is 4.27. The number of pyridine rings is 1. The van der Waals surface area contributed by atoms with Gasteiger partial charge in [-0.05, 0) is 36.2 Å². The van der Waals surface area contributed by atoms with E-state index in [1.807, 2.05) is 19.1 Å². The maximum Gasteiger partial charge on any atom is 0.279 e. The Balaban J connectivity index is 2.32. The van der Waals surface area contributed by atoms with Crippen LogP contribution in [-0.4, -0.2) is 13.4 Å². The van der Waals surface area contributed by atoms with Gasteiger partial charge in [-0.3, -0.25) is 4.72 Å². The maximum absolute atomic E-state index is 12.2. The Labute approximate surface area is 126 Å². The molecule has 3 N–H and O–H groups in total. The number of nitrogens with zero attached hydrogens (tertiary/aromatic N) is 1. The molecule has 0 spiro atoms. The van der Waals surface area contributed by atoms with Crippen molar-refractivity contribution in [3.8, 4) is 0 Å². The number of anilines is 1. The van der Waals surface area contributed by atoms with Crippen LogP contribution < -0.4 is 10.5 Å². The molecule has 1 aromatic carbocycles. The summed E-state index contributed by atoms with van der Waals surface area (Å²) in [6.07, 6.45) is 1.46. The topological polar surface area (TPSA) is 85.1 Å². The van der Waals surface area contributed by atoms with Gasteiger partial charge in [-0.1, -0.05) is 28.1 Å². The van der Waals surface area contributed by atoms with Gasteiger partial charge in [0.15, 0.2) is 5.03 Å². The second-order valence-corrected chi connectivity index (χ2v) is 6.82. The monoisotopic (exact) mass is 355 g/mol. The molecule has 0 bridgehead atoms. The fraction of sp³-hybridized carbons (Fsp3) is 0.154. The lowest BCUT2D eigenvalue weighted by Gasteiger charge is -2.10. The van der Waals surface area contributed by atoms with Crippen molar-refractivity contribution in [1.29, 1.82) is 0 Å². The van der Waals surface area contributed by atoms with E-state index in [0.29, 0.717) is 12.2 Å². The van der Waals surface area contributed by atoms with Crippen LogP contribution in [0.5, 0.6) is 0 Å². The summed E-state index contributed by atoms with van der Waals surface area (Å²) < 4.78 is 27.8. The van der Waals surface area contributed by atoms with E-state index in [0.717, 1.165) is 15.6 Å². The van der Waals surface area contributed by atoms with Gasteiger partial charge in [-0.25, -0.2) is 4.98 Å². The van der Waals surface area contributed by atoms with Gasteiger partial charge in [0, 0.05) is 17.2 Å². The fourth-order valence-electron chi connectivity index (χ4n) is 1.59. The standard InChI is InChI=1S/C13H14BrN3O2S/c1-9-2-4-11(14)6-12(9)17-20(18,19)13-5-3-10(7-15)8-16-13/h2-6,8,17H,7,15H2,1H3. The first kappa shape index (κ1) is 15.0. The van der Waals surface area contributed by atoms with Crippen LogP contribution in [0.3, 0.4) is 0 Å². The highest BCUT2D eigenvalue weighted by Crippen LogP contribution is 2.23. The number of halogens is 1. The minimum Gasteiger partial charge on any atom is -0.326 e. The number of aromatic nitrogens is 1. The van der Waals surface area contributed by atoms with Gasteiger partial charge in [0.05, 0.1) is 5.69 Å². The molecule has 0 aliphatic heterocycles. The molecule has 1 heterocycles. The van der Waals surface area contributed by atoms with Gasteiger partial charge in [-0.2, -0.15) is 8.42 Å². The summed E-state index contributed by atoms with van der Waals surface area (Å²) in [6.45, 7) is 2.15. The smallest absolute Gasteiger partial charge is 0.279 e. The van der Waals surface area contributed by atoms with Crippen LogP contribution in [0.1, 0.15) is 11.1 Å². The zero-order valence-electron chi connectivity index (χ0n) is 10.8. The molecule has 2 rings (SSSR count). The first-order chi connectivity index (χ1) is 9.42. The summed E-state index contributed by atoms with van der Waals surface area (Å²) in [7, 11) is -3.70. The number of hydrogen-bond acceptors (Lipinski definition) is 4. The summed E-state index contributed by atoms with van der Waals surface area (Å²) in [5.74, 6) is 0. The van der Waals surface area contributed by atoms with Crippen molar-refractivity contribution < 1.29 is 8.42 Å². The van der Waals surface area contributed by atoms with E-state index < -0.39 is 10.0 Å². The molecule has 0 radical (unpaired) electrons. The van der Waals surface area contributed by atoms with Crippen molar-refractivity contribution in [3.05, 3.63) is 52.1 Å². The maximum atomic E-state index is 12.2. The van der Waals surface area contributed by atoms with Gasteiger partial charge in [0.1, 0.15) is 0 Å². The number of rotatable bonds is 4. The molecular formula is C13H14BrN3O2S. The first-order valence-electron chi connectivity index (χ1n) is 5.86. The SMILES string of the molecule is Cc1ccc(Br)cc1NS(=O)(=O)c1ccc(CN)cn1. The van der Waals surface area contributed by atoms with Crippen molar-refractivity contribution in [2.45, 2.75) is 18.5 Å². The third kappa shape index (κ3) is 3.36. The largest absolute Gasteiger partial charge is 0.326 e. The van der Waals surface area contributed by atoms with E-state index in [4.69, 9.17) is 5.73 Å². The van der Waals surface area contributed by atoms with Crippen LogP contribution in [-0.2, 0) is 16.6 Å². The van der Waals surface area contributed by atoms with Crippen LogP contribution in [0.2, 0.25) is 0 Å². The number of nitrogens with two attached hydrogens (primary N) is 1. The Kier molecular flexibility index (Phi) is 4.42. The highest BCUT2D eigenvalue weighted by molar-refractivity contribution is 9.10. The van der Waals surface area contributed by atoms with Crippen LogP contribution in [0.4, 0.5) is 5.69 Å². The Morgan fingerprint density at radius 3 is 2.65 bits per heavy atom. The molecule has 0 saturated heterocycles. The van der Waals surface area contributed by atoms with E-state index in [1.165, 1.54) is 12.3 Å². The van der Waals surface area contributed by atoms with Crippen molar-refractivity contribution >= 4 is 31.6 Å². The molecule has 0 atom stereocenters. The quantitative estimate of drug-likeness (QED) is 0.881. The molecule has 0 aliphatic rings. The molecule has 0 amide bonds. The van der Waals surface area contributed by atoms with E-state index in [-0.39, 0.29) is 5.03 Å². The average Bonchev–Trinajstić information content (AvgIpc) is 2.43. The van der Waals surface area contributed by atoms with E-state index in [1.54, 1.807) is 12.1 Å². The van der Waals surface area contributed by atoms with E-state index in [9.17, 15) is 8.42 Å². The molecular weight excluding hydrogens is 342 g/mol. The number of nitrogens with one attached hydrogen (secondary N) is 1. The third-order valence-electron chi connectivity index (χ3n) is 2.75. The normalized spacial score (nSPS) is 11.3. The number of hydrogen-bond donors (Lipinski definition) is 2. The van der Waals surface area contributed by atoms with Gasteiger partial charge in [0.2, 0.25) is 0 Å². The summed E-state index contributed by atoms with van der Waals surface area (Å²) in [4.78, 5) is 3.93. The minimum atomic E-state index is -3.70. The average molecular weight is 356 g/mol. The number of sulfonamides is 1. The molecule has 7 heteroatoms. The number of aryl methyl sites for hydroxylation is 1. The molecule has 5 nitrogen and oxygen atoms in total. The minimum absolute atomic E-state index is 0.0333. The van der Waals surface area contributed by atoms with Crippen molar-refractivity contribution in [2.75, 3.05) is 4.72 Å². The Morgan fingerprint density at radius 1 is 1.30 bits per heavy atom. The number of benzene rings is 1. The van der Waals surface area contributed by atoms with Crippen LogP contribution >= 0.6 is 15.9 Å². The Bertz CT molecular complexity index is 715. The lowest BCUT2D eigenvalue weighted by Crippen LogP contribution is -2.15. The van der Waals surface area contributed by atoms with E-state index in [2.05, 4.69) is 25.6 Å². The zero-order chi connectivity index (χ0) is 14.8. The molecule has 1 aromatic heterocycles. The van der Waals surface area contributed by atoms with Crippen molar-refractivity contribution in [1.82, 2.24) is 4.98 Å². The summed E-state index contributed by atoms with van der Waals surface area (Å²) >= 11 is 3.31. The zero-order valence-corrected chi connectivity index (χ0v) is 13.2. The lowest BCUT2D eigenvalue weighted by molar-refractivity contribution is 0.597. The molecule has 0 saturated carbocycles. The highest BCUT2D eigenvalue weighted by Gasteiger charge is 2.16. The van der Waals surface area contributed by atoms with E-state index >= 15 is 0 Å². The molecule has 0 aliphatic carbocycles. The summed E-state index contributed by atoms with van der Waals surface area (Å²) in [5.41, 5.74) is 7.59. The van der Waals surface area contributed by atoms with Crippen LogP contribution in [0.25, 0.3) is 0 Å². The van der Waals surface area contributed by atoms with Crippen molar-refractivity contribution in [3.63, 3.8) is 0 Å². The molecule has 0 unspecified atom stereocenters.